The molecule has 0 atom stereocenters. The number of likely N-dealkylation sites (tertiary alicyclic amines) is 1. The third kappa shape index (κ3) is 2.69. The van der Waals surface area contributed by atoms with Gasteiger partial charge in [0.15, 0.2) is 0 Å². The van der Waals surface area contributed by atoms with Gasteiger partial charge in [-0.15, -0.1) is 0 Å². The second-order valence-corrected chi connectivity index (χ2v) is 5.63. The van der Waals surface area contributed by atoms with Crippen LogP contribution in [0.1, 0.15) is 39.0 Å². The molecule has 0 aromatic rings. The average molecular weight is 224 g/mol. The second kappa shape index (κ2) is 5.07. The topological polar surface area (TPSA) is 23.6 Å². The monoisotopic (exact) mass is 224 g/mol. The fraction of sp³-hybridized carbons (Fsp3) is 0.923. The number of hydrogen-bond acceptors (Lipinski definition) is 1. The van der Waals surface area contributed by atoms with Gasteiger partial charge in [0.2, 0.25) is 0 Å². The van der Waals surface area contributed by atoms with Gasteiger partial charge in [-0.2, -0.15) is 0 Å². The third-order valence-corrected chi connectivity index (χ3v) is 4.14. The molecule has 3 nitrogen and oxygen atoms in total. The molecule has 16 heavy (non-hydrogen) atoms. The Morgan fingerprint density at radius 1 is 1.25 bits per heavy atom. The minimum absolute atomic E-state index is 0.249. The molecule has 1 aliphatic carbocycles. The van der Waals surface area contributed by atoms with E-state index in [-0.39, 0.29) is 6.03 Å². The van der Waals surface area contributed by atoms with Gasteiger partial charge in [0, 0.05) is 26.7 Å². The van der Waals surface area contributed by atoms with Crippen LogP contribution in [0.5, 0.6) is 0 Å². The maximum atomic E-state index is 12.1. The zero-order valence-corrected chi connectivity index (χ0v) is 10.6. The van der Waals surface area contributed by atoms with Crippen molar-refractivity contribution in [3.63, 3.8) is 0 Å². The molecule has 2 fully saturated rings. The normalized spacial score (nSPS) is 23.0. The Balaban J connectivity index is 1.76. The van der Waals surface area contributed by atoms with E-state index in [1.54, 1.807) is 0 Å². The molecule has 1 saturated carbocycles. The van der Waals surface area contributed by atoms with Crippen molar-refractivity contribution >= 4 is 6.03 Å². The van der Waals surface area contributed by atoms with Crippen LogP contribution in [0.3, 0.4) is 0 Å². The molecular formula is C13H24N2O. The summed E-state index contributed by atoms with van der Waals surface area (Å²) in [5.41, 5.74) is 0. The summed E-state index contributed by atoms with van der Waals surface area (Å²) >= 11 is 0. The molecule has 1 heterocycles. The first-order chi connectivity index (χ1) is 7.66. The molecule has 0 aromatic heterocycles. The average Bonchev–Trinajstić information content (AvgIpc) is 2.23. The van der Waals surface area contributed by atoms with Gasteiger partial charge in [0.25, 0.3) is 0 Å². The molecule has 3 heteroatoms. The summed E-state index contributed by atoms with van der Waals surface area (Å²) in [7, 11) is 1.96. The maximum Gasteiger partial charge on any atom is 0.319 e. The Morgan fingerprint density at radius 2 is 1.88 bits per heavy atom. The van der Waals surface area contributed by atoms with Crippen LogP contribution in [-0.2, 0) is 0 Å². The number of amides is 2. The fourth-order valence-electron chi connectivity index (χ4n) is 2.58. The van der Waals surface area contributed by atoms with Crippen LogP contribution in [0.2, 0.25) is 0 Å². The van der Waals surface area contributed by atoms with Crippen molar-refractivity contribution in [1.82, 2.24) is 9.80 Å². The van der Waals surface area contributed by atoms with E-state index in [0.717, 1.165) is 31.5 Å². The first kappa shape index (κ1) is 11.7. The van der Waals surface area contributed by atoms with Crippen molar-refractivity contribution in [2.45, 2.75) is 39.0 Å². The molecule has 0 aromatic carbocycles. The summed E-state index contributed by atoms with van der Waals surface area (Å²) in [5.74, 6) is 1.57. The number of carbonyl (C=O) groups is 1. The summed E-state index contributed by atoms with van der Waals surface area (Å²) in [6.45, 7) is 5.15. The van der Waals surface area contributed by atoms with E-state index in [0.29, 0.717) is 0 Å². The highest BCUT2D eigenvalue weighted by Gasteiger charge is 2.26. The van der Waals surface area contributed by atoms with Gasteiger partial charge < -0.3 is 9.80 Å². The largest absolute Gasteiger partial charge is 0.327 e. The highest BCUT2D eigenvalue weighted by atomic mass is 16.2. The van der Waals surface area contributed by atoms with Gasteiger partial charge >= 0.3 is 6.03 Å². The molecule has 0 bridgehead atoms. The van der Waals surface area contributed by atoms with E-state index in [2.05, 4.69) is 6.92 Å². The lowest BCUT2D eigenvalue weighted by molar-refractivity contribution is 0.129. The highest BCUT2D eigenvalue weighted by molar-refractivity contribution is 5.74. The molecule has 1 saturated heterocycles. The lowest BCUT2D eigenvalue weighted by atomic mass is 9.85. The number of piperidine rings is 1. The van der Waals surface area contributed by atoms with E-state index in [1.165, 1.54) is 32.1 Å². The van der Waals surface area contributed by atoms with Gasteiger partial charge in [-0.05, 0) is 37.5 Å². The zero-order valence-electron chi connectivity index (χ0n) is 10.6. The number of carbonyl (C=O) groups excluding carboxylic acids is 1. The SMILES string of the molecule is CC1CCN(C(=O)N(C)CC2CCC2)CC1. The van der Waals surface area contributed by atoms with Crippen molar-refractivity contribution in [1.29, 1.82) is 0 Å². The van der Waals surface area contributed by atoms with Crippen LogP contribution >= 0.6 is 0 Å². The predicted octanol–water partition coefficient (Wildman–Crippen LogP) is 2.57. The molecule has 2 aliphatic rings. The molecule has 2 amide bonds. The molecule has 92 valence electrons. The van der Waals surface area contributed by atoms with Crippen molar-refractivity contribution < 1.29 is 4.79 Å². The Bertz CT molecular complexity index is 242. The highest BCUT2D eigenvalue weighted by Crippen LogP contribution is 2.27. The lowest BCUT2D eigenvalue weighted by Gasteiger charge is -2.36. The second-order valence-electron chi connectivity index (χ2n) is 5.63. The quantitative estimate of drug-likeness (QED) is 0.707. The molecule has 1 aliphatic heterocycles. The maximum absolute atomic E-state index is 12.1. The van der Waals surface area contributed by atoms with E-state index in [4.69, 9.17) is 0 Å². The van der Waals surface area contributed by atoms with Crippen LogP contribution in [-0.4, -0.2) is 42.5 Å². The molecule has 0 unspecified atom stereocenters. The van der Waals surface area contributed by atoms with Crippen molar-refractivity contribution in [2.75, 3.05) is 26.7 Å². The van der Waals surface area contributed by atoms with E-state index in [1.807, 2.05) is 16.8 Å². The van der Waals surface area contributed by atoms with Gasteiger partial charge in [0.1, 0.15) is 0 Å². The predicted molar refractivity (Wildman–Crippen MR) is 65.3 cm³/mol. The standard InChI is InChI=1S/C13H24N2O/c1-11-6-8-15(9-7-11)13(16)14(2)10-12-4-3-5-12/h11-12H,3-10H2,1-2H3. The van der Waals surface area contributed by atoms with Crippen LogP contribution in [0, 0.1) is 11.8 Å². The van der Waals surface area contributed by atoms with Gasteiger partial charge in [-0.3, -0.25) is 0 Å². The first-order valence-electron chi connectivity index (χ1n) is 6.67. The van der Waals surface area contributed by atoms with Crippen LogP contribution < -0.4 is 0 Å². The summed E-state index contributed by atoms with van der Waals surface area (Å²) in [6, 6.07) is 0.249. The summed E-state index contributed by atoms with van der Waals surface area (Å²) < 4.78 is 0. The summed E-state index contributed by atoms with van der Waals surface area (Å²) in [6.07, 6.45) is 6.32. The summed E-state index contributed by atoms with van der Waals surface area (Å²) in [5, 5.41) is 0. The first-order valence-corrected chi connectivity index (χ1v) is 6.67. The van der Waals surface area contributed by atoms with Crippen molar-refractivity contribution in [3.8, 4) is 0 Å². The molecule has 2 rings (SSSR count). The van der Waals surface area contributed by atoms with Gasteiger partial charge in [-0.25, -0.2) is 4.79 Å². The van der Waals surface area contributed by atoms with Crippen molar-refractivity contribution in [2.24, 2.45) is 11.8 Å². The Kier molecular flexibility index (Phi) is 3.72. The lowest BCUT2D eigenvalue weighted by Crippen LogP contribution is -2.46. The summed E-state index contributed by atoms with van der Waals surface area (Å²) in [4.78, 5) is 16.1. The van der Waals surface area contributed by atoms with Crippen molar-refractivity contribution in [3.05, 3.63) is 0 Å². The van der Waals surface area contributed by atoms with Crippen LogP contribution in [0.15, 0.2) is 0 Å². The van der Waals surface area contributed by atoms with E-state index in [9.17, 15) is 4.79 Å². The van der Waals surface area contributed by atoms with Gasteiger partial charge in [-0.1, -0.05) is 13.3 Å². The van der Waals surface area contributed by atoms with E-state index < -0.39 is 0 Å². The van der Waals surface area contributed by atoms with Crippen LogP contribution in [0.4, 0.5) is 4.79 Å². The fourth-order valence-corrected chi connectivity index (χ4v) is 2.58. The third-order valence-electron chi connectivity index (χ3n) is 4.14. The zero-order chi connectivity index (χ0) is 11.5. The minimum atomic E-state index is 0.249. The Hall–Kier alpha value is -0.730. The molecule has 0 radical (unpaired) electrons. The number of hydrogen-bond donors (Lipinski definition) is 0. The van der Waals surface area contributed by atoms with Gasteiger partial charge in [0.05, 0.1) is 0 Å². The van der Waals surface area contributed by atoms with E-state index >= 15 is 0 Å². The number of nitrogens with zero attached hydrogens (tertiary/aromatic N) is 2. The smallest absolute Gasteiger partial charge is 0.319 e. The molecule has 0 N–H and O–H groups in total. The molecule has 0 spiro atoms. The Morgan fingerprint density at radius 3 is 2.38 bits per heavy atom. The van der Waals surface area contributed by atoms with Crippen LogP contribution in [0.25, 0.3) is 0 Å². The number of rotatable bonds is 2. The number of urea groups is 1. The minimum Gasteiger partial charge on any atom is -0.327 e. The molecular weight excluding hydrogens is 200 g/mol. The Labute approximate surface area is 98.8 Å².